The zero-order chi connectivity index (χ0) is 17.3. The average Bonchev–Trinajstić information content (AvgIpc) is 3.54. The molecule has 8 rings (SSSR count). The molecule has 0 aromatic carbocycles. The van der Waals surface area contributed by atoms with Crippen LogP contribution >= 0.6 is 0 Å². The van der Waals surface area contributed by atoms with Crippen molar-refractivity contribution in [3.05, 3.63) is 0 Å². The number of hydrogen-bond donors (Lipinski definition) is 0. The first kappa shape index (κ1) is 15.6. The molecule has 0 spiro atoms. The third kappa shape index (κ3) is 2.41. The van der Waals surface area contributed by atoms with Crippen molar-refractivity contribution < 1.29 is 23.7 Å². The van der Waals surface area contributed by atoms with Crippen LogP contribution in [0.2, 0.25) is 0 Å². The maximum atomic E-state index is 6.80. The van der Waals surface area contributed by atoms with Crippen LogP contribution in [0.25, 0.3) is 0 Å². The third-order valence-electron chi connectivity index (χ3n) is 9.44. The summed E-state index contributed by atoms with van der Waals surface area (Å²) < 4.78 is 30.0. The van der Waals surface area contributed by atoms with Crippen LogP contribution in [0, 0.1) is 35.5 Å². The molecule has 4 bridgehead atoms. The van der Waals surface area contributed by atoms with Crippen molar-refractivity contribution in [1.29, 1.82) is 0 Å². The van der Waals surface area contributed by atoms with Crippen molar-refractivity contribution in [2.24, 2.45) is 35.5 Å². The van der Waals surface area contributed by atoms with E-state index in [0.717, 1.165) is 48.7 Å². The van der Waals surface area contributed by atoms with E-state index < -0.39 is 0 Å². The molecule has 4 aliphatic heterocycles. The number of hydrogen-bond acceptors (Lipinski definition) is 5. The minimum atomic E-state index is 0.268. The van der Waals surface area contributed by atoms with Gasteiger partial charge >= 0.3 is 0 Å². The lowest BCUT2D eigenvalue weighted by molar-refractivity contribution is -0.0630. The van der Waals surface area contributed by atoms with E-state index in [-0.39, 0.29) is 12.2 Å². The molecule has 5 heteroatoms. The largest absolute Gasteiger partial charge is 0.370 e. The highest BCUT2D eigenvalue weighted by Crippen LogP contribution is 2.61. The monoisotopic (exact) mass is 374 g/mol. The van der Waals surface area contributed by atoms with Gasteiger partial charge in [-0.15, -0.1) is 0 Å². The molecule has 4 saturated carbocycles. The first-order chi connectivity index (χ1) is 13.3. The first-order valence-corrected chi connectivity index (χ1v) is 11.5. The number of fused-ring (bicyclic) bond motifs is 10. The van der Waals surface area contributed by atoms with Crippen molar-refractivity contribution >= 4 is 0 Å². The fourth-order valence-electron chi connectivity index (χ4n) is 7.96. The van der Waals surface area contributed by atoms with Gasteiger partial charge in [-0.2, -0.15) is 0 Å². The van der Waals surface area contributed by atoms with Crippen LogP contribution in [0.1, 0.15) is 38.5 Å². The van der Waals surface area contributed by atoms with E-state index >= 15 is 0 Å². The Kier molecular flexibility index (Phi) is 3.06. The van der Waals surface area contributed by atoms with E-state index in [2.05, 4.69) is 0 Å². The van der Waals surface area contributed by atoms with Gasteiger partial charge < -0.3 is 23.7 Å². The second-order valence-electron chi connectivity index (χ2n) is 10.9. The van der Waals surface area contributed by atoms with Crippen LogP contribution in [-0.2, 0) is 23.7 Å². The zero-order valence-corrected chi connectivity index (χ0v) is 15.8. The van der Waals surface area contributed by atoms with Crippen LogP contribution in [0.4, 0.5) is 0 Å². The first-order valence-electron chi connectivity index (χ1n) is 11.5. The van der Waals surface area contributed by atoms with E-state index in [1.54, 1.807) is 0 Å². The van der Waals surface area contributed by atoms with E-state index in [1.807, 2.05) is 0 Å². The maximum Gasteiger partial charge on any atom is 0.107 e. The summed E-state index contributed by atoms with van der Waals surface area (Å²) in [6, 6.07) is 0. The second kappa shape index (κ2) is 5.28. The molecule has 14 atom stereocenters. The van der Waals surface area contributed by atoms with Crippen LogP contribution in [0.3, 0.4) is 0 Å². The summed E-state index contributed by atoms with van der Waals surface area (Å²) in [4.78, 5) is 0. The Balaban J connectivity index is 0.957. The molecule has 4 aliphatic carbocycles. The third-order valence-corrected chi connectivity index (χ3v) is 9.44. The van der Waals surface area contributed by atoms with Gasteiger partial charge in [-0.3, -0.25) is 0 Å². The second-order valence-corrected chi connectivity index (χ2v) is 10.9. The van der Waals surface area contributed by atoms with Crippen molar-refractivity contribution in [3.8, 4) is 0 Å². The molecule has 27 heavy (non-hydrogen) atoms. The van der Waals surface area contributed by atoms with E-state index in [0.29, 0.717) is 36.6 Å². The molecule has 0 aromatic rings. The Morgan fingerprint density at radius 3 is 1.52 bits per heavy atom. The number of ether oxygens (including phenoxy) is 5. The highest BCUT2D eigenvalue weighted by Gasteiger charge is 2.64. The SMILES string of the molecule is C1C(CC(OC(CC2CC3CC2C2OC32)C2CO2)C2CO2)C2CC1C1OC21. The van der Waals surface area contributed by atoms with Gasteiger partial charge in [0.1, 0.15) is 12.2 Å². The van der Waals surface area contributed by atoms with Gasteiger partial charge in [-0.05, 0) is 74.0 Å². The molecule has 8 aliphatic rings. The Morgan fingerprint density at radius 2 is 1.15 bits per heavy atom. The lowest BCUT2D eigenvalue weighted by Crippen LogP contribution is -2.36. The minimum absolute atomic E-state index is 0.268. The Labute approximate surface area is 160 Å². The lowest BCUT2D eigenvalue weighted by atomic mass is 9.83. The highest BCUT2D eigenvalue weighted by atomic mass is 16.6. The van der Waals surface area contributed by atoms with Gasteiger partial charge in [0.05, 0.1) is 49.8 Å². The molecule has 0 N–H and O–H groups in total. The molecule has 5 nitrogen and oxygen atoms in total. The predicted octanol–water partition coefficient (Wildman–Crippen LogP) is 2.16. The summed E-state index contributed by atoms with van der Waals surface area (Å²) in [6.07, 6.45) is 11.5. The predicted molar refractivity (Wildman–Crippen MR) is 94.1 cm³/mol. The molecule has 4 saturated heterocycles. The average molecular weight is 374 g/mol. The van der Waals surface area contributed by atoms with Gasteiger partial charge in [0, 0.05) is 0 Å². The van der Waals surface area contributed by atoms with Gasteiger partial charge in [-0.1, -0.05) is 0 Å². The molecule has 8 fully saturated rings. The summed E-state index contributed by atoms with van der Waals surface area (Å²) in [5.74, 6) is 4.86. The van der Waals surface area contributed by atoms with Crippen LogP contribution in [0.15, 0.2) is 0 Å². The summed E-state index contributed by atoms with van der Waals surface area (Å²) >= 11 is 0. The van der Waals surface area contributed by atoms with Gasteiger partial charge in [-0.25, -0.2) is 0 Å². The molecule has 0 amide bonds. The number of rotatable bonds is 8. The normalized spacial score (nSPS) is 62.2. The van der Waals surface area contributed by atoms with Crippen LogP contribution in [-0.4, -0.2) is 62.0 Å². The van der Waals surface area contributed by atoms with Crippen molar-refractivity contribution in [3.63, 3.8) is 0 Å². The topological polar surface area (TPSA) is 59.4 Å². The summed E-state index contributed by atoms with van der Waals surface area (Å²) in [5.41, 5.74) is 0. The van der Waals surface area contributed by atoms with E-state index in [9.17, 15) is 0 Å². The van der Waals surface area contributed by atoms with E-state index in [1.165, 1.54) is 38.5 Å². The zero-order valence-electron chi connectivity index (χ0n) is 15.8. The summed E-state index contributed by atoms with van der Waals surface area (Å²) in [7, 11) is 0. The van der Waals surface area contributed by atoms with Gasteiger partial charge in [0.25, 0.3) is 0 Å². The maximum absolute atomic E-state index is 6.80. The minimum Gasteiger partial charge on any atom is -0.370 e. The van der Waals surface area contributed by atoms with Crippen molar-refractivity contribution in [2.45, 2.75) is 87.4 Å². The Morgan fingerprint density at radius 1 is 0.667 bits per heavy atom. The Hall–Kier alpha value is -0.200. The van der Waals surface area contributed by atoms with Crippen molar-refractivity contribution in [2.75, 3.05) is 13.2 Å². The summed E-state index contributed by atoms with van der Waals surface area (Å²) in [5, 5.41) is 0. The van der Waals surface area contributed by atoms with Crippen LogP contribution in [0.5, 0.6) is 0 Å². The molecule has 148 valence electrons. The Bertz CT molecular complexity index is 593. The van der Waals surface area contributed by atoms with Gasteiger partial charge in [0.15, 0.2) is 0 Å². The fourth-order valence-corrected chi connectivity index (χ4v) is 7.96. The smallest absolute Gasteiger partial charge is 0.107 e. The number of epoxide rings is 4. The van der Waals surface area contributed by atoms with Gasteiger partial charge in [0.2, 0.25) is 0 Å². The molecular weight excluding hydrogens is 344 g/mol. The highest BCUT2D eigenvalue weighted by molar-refractivity contribution is 5.12. The fraction of sp³-hybridized carbons (Fsp3) is 1.00. The summed E-state index contributed by atoms with van der Waals surface area (Å²) in [6.45, 7) is 1.77. The standard InChI is InChI=1S/C22H30O5/c1-9(13-3-11(1)19-21(13)26-19)5-15(17-7-23-17)25-16(18-8-24-18)6-10-2-12-4-14(10)22-20(12)27-22/h9-22H,1-8H2. The van der Waals surface area contributed by atoms with Crippen LogP contribution < -0.4 is 0 Å². The molecule has 0 radical (unpaired) electrons. The molecule has 14 unspecified atom stereocenters. The molecule has 4 heterocycles. The molecular formula is C22H30O5. The quantitative estimate of drug-likeness (QED) is 0.610. The van der Waals surface area contributed by atoms with E-state index in [4.69, 9.17) is 23.7 Å². The molecule has 0 aromatic heterocycles. The lowest BCUT2D eigenvalue weighted by Gasteiger charge is -2.30. The van der Waals surface area contributed by atoms with Crippen molar-refractivity contribution in [1.82, 2.24) is 0 Å².